The fraction of sp³-hybridized carbons (Fsp3) is 0.500. The molecule has 12 heavy (non-hydrogen) atoms. The van der Waals surface area contributed by atoms with E-state index in [9.17, 15) is 4.79 Å². The Kier molecular flexibility index (Phi) is 2.27. The molecule has 0 saturated heterocycles. The van der Waals surface area contributed by atoms with Crippen LogP contribution in [0.15, 0.2) is 6.20 Å². The summed E-state index contributed by atoms with van der Waals surface area (Å²) in [6.45, 7) is -0.159. The molecular formula is C6H10N4O2. The standard InChI is InChI=1S/C6H10N4O2/c1-9(2)5-3-7-8-10(5)4-6(11)12/h3H,4H2,1-2H3,(H,11,12). The predicted molar refractivity (Wildman–Crippen MR) is 42.0 cm³/mol. The second kappa shape index (κ2) is 3.21. The molecule has 1 aromatic rings. The minimum Gasteiger partial charge on any atom is -0.480 e. The molecule has 6 heteroatoms. The monoisotopic (exact) mass is 170 g/mol. The first-order valence-corrected chi connectivity index (χ1v) is 3.39. The van der Waals surface area contributed by atoms with E-state index in [4.69, 9.17) is 5.11 Å². The van der Waals surface area contributed by atoms with Gasteiger partial charge in [-0.2, -0.15) is 0 Å². The van der Waals surface area contributed by atoms with Gasteiger partial charge in [-0.25, -0.2) is 4.68 Å². The van der Waals surface area contributed by atoms with Crippen LogP contribution in [0.4, 0.5) is 5.82 Å². The zero-order valence-corrected chi connectivity index (χ0v) is 6.93. The van der Waals surface area contributed by atoms with Crippen molar-refractivity contribution in [2.75, 3.05) is 19.0 Å². The van der Waals surface area contributed by atoms with Crippen molar-refractivity contribution >= 4 is 11.8 Å². The number of aromatic nitrogens is 3. The molecule has 0 radical (unpaired) electrons. The SMILES string of the molecule is CN(C)c1cnnn1CC(=O)O. The van der Waals surface area contributed by atoms with Gasteiger partial charge < -0.3 is 10.0 Å². The molecule has 0 saturated carbocycles. The van der Waals surface area contributed by atoms with Gasteiger partial charge in [0.15, 0.2) is 0 Å². The second-order valence-corrected chi connectivity index (χ2v) is 2.54. The molecule has 0 atom stereocenters. The van der Waals surface area contributed by atoms with E-state index in [1.807, 2.05) is 0 Å². The van der Waals surface area contributed by atoms with Crippen LogP contribution >= 0.6 is 0 Å². The first-order valence-electron chi connectivity index (χ1n) is 3.39. The molecule has 0 fully saturated rings. The Balaban J connectivity index is 2.84. The third-order valence-electron chi connectivity index (χ3n) is 1.34. The Morgan fingerprint density at radius 1 is 1.75 bits per heavy atom. The molecule has 0 aliphatic heterocycles. The van der Waals surface area contributed by atoms with Gasteiger partial charge in [0.25, 0.3) is 0 Å². The number of anilines is 1. The maximum atomic E-state index is 10.3. The van der Waals surface area contributed by atoms with E-state index in [2.05, 4.69) is 10.3 Å². The minimum absolute atomic E-state index is 0.159. The molecule has 0 aliphatic rings. The van der Waals surface area contributed by atoms with Crippen molar-refractivity contribution < 1.29 is 9.90 Å². The highest BCUT2D eigenvalue weighted by Crippen LogP contribution is 2.06. The maximum absolute atomic E-state index is 10.3. The molecule has 0 aliphatic carbocycles. The molecule has 0 bridgehead atoms. The molecule has 1 N–H and O–H groups in total. The summed E-state index contributed by atoms with van der Waals surface area (Å²) < 4.78 is 1.32. The summed E-state index contributed by atoms with van der Waals surface area (Å²) in [5, 5.41) is 15.7. The zero-order valence-electron chi connectivity index (χ0n) is 6.93. The highest BCUT2D eigenvalue weighted by molar-refractivity contribution is 5.67. The first-order chi connectivity index (χ1) is 5.61. The smallest absolute Gasteiger partial charge is 0.325 e. The van der Waals surface area contributed by atoms with Crippen LogP contribution in [0.1, 0.15) is 0 Å². The predicted octanol–water partition coefficient (Wildman–Crippen LogP) is -0.571. The van der Waals surface area contributed by atoms with Crippen LogP contribution in [-0.4, -0.2) is 40.2 Å². The molecule has 0 amide bonds. The van der Waals surface area contributed by atoms with E-state index in [-0.39, 0.29) is 6.54 Å². The summed E-state index contributed by atoms with van der Waals surface area (Å²) in [4.78, 5) is 12.1. The molecule has 0 spiro atoms. The van der Waals surface area contributed by atoms with Gasteiger partial charge in [-0.1, -0.05) is 5.21 Å². The minimum atomic E-state index is -0.927. The Hall–Kier alpha value is -1.59. The van der Waals surface area contributed by atoms with Gasteiger partial charge >= 0.3 is 5.97 Å². The maximum Gasteiger partial charge on any atom is 0.325 e. The topological polar surface area (TPSA) is 71.2 Å². The Morgan fingerprint density at radius 2 is 2.42 bits per heavy atom. The lowest BCUT2D eigenvalue weighted by Gasteiger charge is -2.11. The van der Waals surface area contributed by atoms with Crippen LogP contribution in [-0.2, 0) is 11.3 Å². The van der Waals surface area contributed by atoms with Gasteiger partial charge in [-0.05, 0) is 0 Å². The first kappa shape index (κ1) is 8.51. The normalized spacial score (nSPS) is 9.83. The lowest BCUT2D eigenvalue weighted by atomic mass is 10.6. The largest absolute Gasteiger partial charge is 0.480 e. The van der Waals surface area contributed by atoms with Crippen molar-refractivity contribution in [2.24, 2.45) is 0 Å². The number of aliphatic carboxylic acids is 1. The fourth-order valence-corrected chi connectivity index (χ4v) is 0.839. The molecule has 1 rings (SSSR count). The molecule has 1 aromatic heterocycles. The Bertz CT molecular complexity index is 281. The van der Waals surface area contributed by atoms with E-state index in [0.29, 0.717) is 5.82 Å². The Morgan fingerprint density at radius 3 is 2.92 bits per heavy atom. The number of carboxylic acids is 1. The highest BCUT2D eigenvalue weighted by atomic mass is 16.4. The van der Waals surface area contributed by atoms with E-state index in [1.54, 1.807) is 19.0 Å². The molecule has 0 aromatic carbocycles. The summed E-state index contributed by atoms with van der Waals surface area (Å²) in [6.07, 6.45) is 1.52. The molecule has 66 valence electrons. The fourth-order valence-electron chi connectivity index (χ4n) is 0.839. The van der Waals surface area contributed by atoms with Gasteiger partial charge in [0.05, 0.1) is 6.20 Å². The van der Waals surface area contributed by atoms with Gasteiger partial charge in [0, 0.05) is 14.1 Å². The number of rotatable bonds is 3. The van der Waals surface area contributed by atoms with Crippen LogP contribution in [0.5, 0.6) is 0 Å². The summed E-state index contributed by atoms with van der Waals surface area (Å²) in [5.74, 6) is -0.249. The van der Waals surface area contributed by atoms with E-state index in [1.165, 1.54) is 10.9 Å². The quantitative estimate of drug-likeness (QED) is 0.657. The number of carbonyl (C=O) groups is 1. The number of nitrogens with zero attached hydrogens (tertiary/aromatic N) is 4. The number of carboxylic acid groups (broad SMARTS) is 1. The van der Waals surface area contributed by atoms with Gasteiger partial charge in [-0.3, -0.25) is 4.79 Å². The summed E-state index contributed by atoms with van der Waals surface area (Å²) >= 11 is 0. The van der Waals surface area contributed by atoms with E-state index in [0.717, 1.165) is 0 Å². The van der Waals surface area contributed by atoms with Crippen molar-refractivity contribution in [3.05, 3.63) is 6.20 Å². The molecule has 1 heterocycles. The third-order valence-corrected chi connectivity index (χ3v) is 1.34. The van der Waals surface area contributed by atoms with Crippen LogP contribution in [0.3, 0.4) is 0 Å². The third kappa shape index (κ3) is 1.71. The van der Waals surface area contributed by atoms with Crippen molar-refractivity contribution in [1.82, 2.24) is 15.0 Å². The van der Waals surface area contributed by atoms with Crippen molar-refractivity contribution in [3.8, 4) is 0 Å². The van der Waals surface area contributed by atoms with Crippen molar-refractivity contribution in [2.45, 2.75) is 6.54 Å². The van der Waals surface area contributed by atoms with E-state index >= 15 is 0 Å². The van der Waals surface area contributed by atoms with Crippen LogP contribution in [0.25, 0.3) is 0 Å². The molecule has 6 nitrogen and oxygen atoms in total. The lowest BCUT2D eigenvalue weighted by Crippen LogP contribution is -2.18. The molecular weight excluding hydrogens is 160 g/mol. The second-order valence-electron chi connectivity index (χ2n) is 2.54. The van der Waals surface area contributed by atoms with Gasteiger partial charge in [0.1, 0.15) is 12.4 Å². The average Bonchev–Trinajstić information content (AvgIpc) is 2.33. The highest BCUT2D eigenvalue weighted by Gasteiger charge is 2.07. The van der Waals surface area contributed by atoms with Crippen LogP contribution < -0.4 is 4.90 Å². The van der Waals surface area contributed by atoms with Crippen LogP contribution in [0.2, 0.25) is 0 Å². The van der Waals surface area contributed by atoms with Crippen molar-refractivity contribution in [3.63, 3.8) is 0 Å². The number of hydrogen-bond acceptors (Lipinski definition) is 4. The Labute approximate surface area is 69.4 Å². The summed E-state index contributed by atoms with van der Waals surface area (Å²) in [7, 11) is 3.61. The average molecular weight is 170 g/mol. The summed E-state index contributed by atoms with van der Waals surface area (Å²) in [5.41, 5.74) is 0. The van der Waals surface area contributed by atoms with Crippen LogP contribution in [0, 0.1) is 0 Å². The van der Waals surface area contributed by atoms with Crippen molar-refractivity contribution in [1.29, 1.82) is 0 Å². The van der Waals surface area contributed by atoms with E-state index < -0.39 is 5.97 Å². The van der Waals surface area contributed by atoms with Gasteiger partial charge in [0.2, 0.25) is 0 Å². The summed E-state index contributed by atoms with van der Waals surface area (Å²) in [6, 6.07) is 0. The lowest BCUT2D eigenvalue weighted by molar-refractivity contribution is -0.137. The van der Waals surface area contributed by atoms with Gasteiger partial charge in [-0.15, -0.1) is 5.10 Å². The number of hydrogen-bond donors (Lipinski definition) is 1. The molecule has 0 unspecified atom stereocenters. The zero-order chi connectivity index (χ0) is 9.14.